The molecule has 0 unspecified atom stereocenters. The minimum absolute atomic E-state index is 0.590. The van der Waals surface area contributed by atoms with Gasteiger partial charge in [-0.3, -0.25) is 0 Å². The van der Waals surface area contributed by atoms with Crippen LogP contribution in [0.25, 0.3) is 0 Å². The number of hydrogen-bond donors (Lipinski definition) is 0. The third-order valence-electron chi connectivity index (χ3n) is 1.61. The standard InChI is InChI=1S/C10H10O2S2/c1-5-13-7-9(1)11-3-4-12-10-2-6-14-8-10/h1-2,5-8H,3-4H2. The van der Waals surface area contributed by atoms with Crippen molar-refractivity contribution >= 4 is 22.7 Å². The summed E-state index contributed by atoms with van der Waals surface area (Å²) in [5.74, 6) is 1.84. The maximum Gasteiger partial charge on any atom is 0.130 e. The van der Waals surface area contributed by atoms with E-state index in [4.69, 9.17) is 9.47 Å². The summed E-state index contributed by atoms with van der Waals surface area (Å²) in [6, 6.07) is 3.91. The van der Waals surface area contributed by atoms with E-state index in [9.17, 15) is 0 Å². The van der Waals surface area contributed by atoms with Gasteiger partial charge in [0.1, 0.15) is 24.7 Å². The molecule has 0 amide bonds. The molecule has 0 aromatic carbocycles. The Kier molecular flexibility index (Phi) is 3.43. The minimum atomic E-state index is 0.590. The molecule has 0 atom stereocenters. The molecule has 0 aliphatic rings. The van der Waals surface area contributed by atoms with Gasteiger partial charge in [0.2, 0.25) is 0 Å². The van der Waals surface area contributed by atoms with E-state index < -0.39 is 0 Å². The molecule has 0 saturated heterocycles. The van der Waals surface area contributed by atoms with Gasteiger partial charge in [-0.25, -0.2) is 0 Å². The van der Waals surface area contributed by atoms with Crippen molar-refractivity contribution in [1.82, 2.24) is 0 Å². The van der Waals surface area contributed by atoms with Crippen molar-refractivity contribution in [2.24, 2.45) is 0 Å². The Morgan fingerprint density at radius 1 is 0.857 bits per heavy atom. The van der Waals surface area contributed by atoms with Gasteiger partial charge in [0.25, 0.3) is 0 Å². The molecular weight excluding hydrogens is 216 g/mol. The molecule has 2 aromatic rings. The molecule has 0 aliphatic heterocycles. The quantitative estimate of drug-likeness (QED) is 0.728. The first-order valence-corrected chi connectivity index (χ1v) is 6.14. The second-order valence-electron chi connectivity index (χ2n) is 2.62. The Labute approximate surface area is 90.7 Å². The summed E-state index contributed by atoms with van der Waals surface area (Å²) in [6.45, 7) is 1.18. The molecule has 2 aromatic heterocycles. The average Bonchev–Trinajstić information content (AvgIpc) is 2.86. The zero-order valence-electron chi connectivity index (χ0n) is 7.51. The Hall–Kier alpha value is -1.00. The molecule has 14 heavy (non-hydrogen) atoms. The maximum absolute atomic E-state index is 5.43. The van der Waals surface area contributed by atoms with Gasteiger partial charge < -0.3 is 9.47 Å². The molecule has 0 spiro atoms. The molecule has 4 heteroatoms. The van der Waals surface area contributed by atoms with Crippen molar-refractivity contribution in [2.45, 2.75) is 0 Å². The van der Waals surface area contributed by atoms with Gasteiger partial charge in [0, 0.05) is 10.8 Å². The van der Waals surface area contributed by atoms with Gasteiger partial charge in [0.15, 0.2) is 0 Å². The van der Waals surface area contributed by atoms with Crippen molar-refractivity contribution in [2.75, 3.05) is 13.2 Å². The lowest BCUT2D eigenvalue weighted by Crippen LogP contribution is -2.07. The first kappa shape index (κ1) is 9.55. The summed E-state index contributed by atoms with van der Waals surface area (Å²) in [7, 11) is 0. The van der Waals surface area contributed by atoms with Crippen LogP contribution < -0.4 is 9.47 Å². The summed E-state index contributed by atoms with van der Waals surface area (Å²) in [5.41, 5.74) is 0. The van der Waals surface area contributed by atoms with Gasteiger partial charge in [0.05, 0.1) is 0 Å². The Morgan fingerprint density at radius 2 is 1.36 bits per heavy atom. The lowest BCUT2D eigenvalue weighted by molar-refractivity contribution is 0.218. The number of hydrogen-bond acceptors (Lipinski definition) is 4. The minimum Gasteiger partial charge on any atom is -0.489 e. The molecule has 74 valence electrons. The molecule has 2 nitrogen and oxygen atoms in total. The largest absolute Gasteiger partial charge is 0.489 e. The van der Waals surface area contributed by atoms with Crippen LogP contribution in [0.2, 0.25) is 0 Å². The molecule has 0 N–H and O–H groups in total. The summed E-state index contributed by atoms with van der Waals surface area (Å²) in [6.07, 6.45) is 0. The zero-order chi connectivity index (χ0) is 9.64. The van der Waals surface area contributed by atoms with Gasteiger partial charge in [-0.1, -0.05) is 0 Å². The van der Waals surface area contributed by atoms with Crippen molar-refractivity contribution in [3.63, 3.8) is 0 Å². The van der Waals surface area contributed by atoms with E-state index in [0.29, 0.717) is 13.2 Å². The molecular formula is C10H10O2S2. The van der Waals surface area contributed by atoms with Crippen LogP contribution in [0.3, 0.4) is 0 Å². The maximum atomic E-state index is 5.43. The molecule has 2 heterocycles. The fourth-order valence-corrected chi connectivity index (χ4v) is 2.13. The Bertz CT molecular complexity index is 304. The molecule has 0 bridgehead atoms. The van der Waals surface area contributed by atoms with Crippen molar-refractivity contribution in [3.05, 3.63) is 33.7 Å². The highest BCUT2D eigenvalue weighted by atomic mass is 32.1. The fraction of sp³-hybridized carbons (Fsp3) is 0.200. The van der Waals surface area contributed by atoms with E-state index in [1.807, 2.05) is 33.7 Å². The van der Waals surface area contributed by atoms with Gasteiger partial charge in [-0.05, 0) is 22.9 Å². The third kappa shape index (κ3) is 2.75. The SMILES string of the molecule is c1cc(OCCOc2ccsc2)cs1. The summed E-state index contributed by atoms with van der Waals surface area (Å²) >= 11 is 3.26. The van der Waals surface area contributed by atoms with Crippen LogP contribution in [0.1, 0.15) is 0 Å². The number of thiophene rings is 2. The van der Waals surface area contributed by atoms with Crippen LogP contribution in [-0.4, -0.2) is 13.2 Å². The van der Waals surface area contributed by atoms with E-state index in [0.717, 1.165) is 11.5 Å². The van der Waals surface area contributed by atoms with Gasteiger partial charge in [-0.15, -0.1) is 22.7 Å². The second-order valence-corrected chi connectivity index (χ2v) is 4.18. The van der Waals surface area contributed by atoms with Crippen molar-refractivity contribution in [3.8, 4) is 11.5 Å². The predicted molar refractivity (Wildman–Crippen MR) is 59.6 cm³/mol. The number of ether oxygens (including phenoxy) is 2. The highest BCUT2D eigenvalue weighted by Gasteiger charge is 1.95. The van der Waals surface area contributed by atoms with Crippen molar-refractivity contribution < 1.29 is 9.47 Å². The monoisotopic (exact) mass is 226 g/mol. The lowest BCUT2D eigenvalue weighted by atomic mass is 10.6. The van der Waals surface area contributed by atoms with Gasteiger partial charge in [-0.2, -0.15) is 0 Å². The van der Waals surface area contributed by atoms with E-state index in [2.05, 4.69) is 0 Å². The van der Waals surface area contributed by atoms with E-state index in [1.165, 1.54) is 0 Å². The first-order valence-electron chi connectivity index (χ1n) is 4.25. The number of rotatable bonds is 5. The summed E-state index contributed by atoms with van der Waals surface area (Å²) in [4.78, 5) is 0. The van der Waals surface area contributed by atoms with Crippen LogP contribution in [0.4, 0.5) is 0 Å². The van der Waals surface area contributed by atoms with E-state index in [-0.39, 0.29) is 0 Å². The Balaban J connectivity index is 1.65. The van der Waals surface area contributed by atoms with Crippen LogP contribution in [-0.2, 0) is 0 Å². The first-order chi connectivity index (χ1) is 6.95. The predicted octanol–water partition coefficient (Wildman–Crippen LogP) is 3.27. The molecule has 0 fully saturated rings. The average molecular weight is 226 g/mol. The van der Waals surface area contributed by atoms with Crippen LogP contribution >= 0.6 is 22.7 Å². The lowest BCUT2D eigenvalue weighted by Gasteiger charge is -2.04. The molecule has 2 rings (SSSR count). The smallest absolute Gasteiger partial charge is 0.130 e. The van der Waals surface area contributed by atoms with Crippen LogP contribution in [0.5, 0.6) is 11.5 Å². The second kappa shape index (κ2) is 5.02. The van der Waals surface area contributed by atoms with Crippen molar-refractivity contribution in [1.29, 1.82) is 0 Å². The summed E-state index contributed by atoms with van der Waals surface area (Å²) < 4.78 is 10.9. The van der Waals surface area contributed by atoms with Crippen LogP contribution in [0.15, 0.2) is 33.7 Å². The van der Waals surface area contributed by atoms with Crippen LogP contribution in [0, 0.1) is 0 Å². The molecule has 0 saturated carbocycles. The van der Waals surface area contributed by atoms with E-state index in [1.54, 1.807) is 22.7 Å². The highest BCUT2D eigenvalue weighted by molar-refractivity contribution is 7.08. The highest BCUT2D eigenvalue weighted by Crippen LogP contribution is 2.16. The summed E-state index contributed by atoms with van der Waals surface area (Å²) in [5, 5.41) is 7.94. The van der Waals surface area contributed by atoms with E-state index >= 15 is 0 Å². The topological polar surface area (TPSA) is 18.5 Å². The normalized spacial score (nSPS) is 10.0. The molecule has 0 radical (unpaired) electrons. The third-order valence-corrected chi connectivity index (χ3v) is 2.93. The Morgan fingerprint density at radius 3 is 1.71 bits per heavy atom. The molecule has 0 aliphatic carbocycles. The fourth-order valence-electron chi connectivity index (χ4n) is 0.987. The zero-order valence-corrected chi connectivity index (χ0v) is 9.14. The van der Waals surface area contributed by atoms with Gasteiger partial charge >= 0.3 is 0 Å².